The molecule has 0 saturated carbocycles. The van der Waals surface area contributed by atoms with E-state index in [1.165, 1.54) is 5.56 Å². The van der Waals surface area contributed by atoms with Gasteiger partial charge in [-0.2, -0.15) is 0 Å². The van der Waals surface area contributed by atoms with Crippen LogP contribution in [0.25, 0.3) is 0 Å². The molecule has 1 aliphatic rings. The summed E-state index contributed by atoms with van der Waals surface area (Å²) in [6.45, 7) is 8.34. The second-order valence-electron chi connectivity index (χ2n) is 4.81. The molecule has 1 saturated heterocycles. The lowest BCUT2D eigenvalue weighted by Gasteiger charge is -2.32. The van der Waals surface area contributed by atoms with E-state index in [2.05, 4.69) is 44.9 Å². The normalized spacial score (nSPS) is 17.9. The van der Waals surface area contributed by atoms with Gasteiger partial charge in [0.1, 0.15) is 5.75 Å². The van der Waals surface area contributed by atoms with Crippen LogP contribution in [0.1, 0.15) is 12.5 Å². The zero-order valence-corrected chi connectivity index (χ0v) is 12.7. The van der Waals surface area contributed by atoms with E-state index in [9.17, 15) is 0 Å². The largest absolute Gasteiger partial charge is 0.494 e. The van der Waals surface area contributed by atoms with Gasteiger partial charge in [0.25, 0.3) is 0 Å². The first kappa shape index (κ1) is 13.8. The number of benzene rings is 1. The molecule has 0 aromatic heterocycles. The third-order valence-corrected chi connectivity index (χ3v) is 3.70. The van der Waals surface area contributed by atoms with Gasteiger partial charge < -0.3 is 9.64 Å². The number of rotatable bonds is 4. The fraction of sp³-hybridized carbons (Fsp3) is 0.571. The van der Waals surface area contributed by atoms with Crippen molar-refractivity contribution in [1.29, 1.82) is 0 Å². The Morgan fingerprint density at radius 1 is 1.17 bits per heavy atom. The highest BCUT2D eigenvalue weighted by Gasteiger charge is 2.14. The van der Waals surface area contributed by atoms with Crippen LogP contribution in [0.2, 0.25) is 0 Å². The summed E-state index contributed by atoms with van der Waals surface area (Å²) in [6, 6.07) is 6.35. The van der Waals surface area contributed by atoms with Crippen LogP contribution in [0.5, 0.6) is 5.75 Å². The van der Waals surface area contributed by atoms with Gasteiger partial charge >= 0.3 is 0 Å². The molecule has 3 nitrogen and oxygen atoms in total. The van der Waals surface area contributed by atoms with Crippen LogP contribution in [-0.2, 0) is 6.54 Å². The Labute approximate surface area is 118 Å². The summed E-state index contributed by atoms with van der Waals surface area (Å²) in [4.78, 5) is 4.88. The van der Waals surface area contributed by atoms with Gasteiger partial charge in [-0.1, -0.05) is 15.9 Å². The van der Waals surface area contributed by atoms with Crippen LogP contribution in [0, 0.1) is 0 Å². The monoisotopic (exact) mass is 312 g/mol. The summed E-state index contributed by atoms with van der Waals surface area (Å²) in [5, 5.41) is 0. The summed E-state index contributed by atoms with van der Waals surface area (Å²) >= 11 is 3.55. The summed E-state index contributed by atoms with van der Waals surface area (Å²) in [5.74, 6) is 0.955. The lowest BCUT2D eigenvalue weighted by Crippen LogP contribution is -2.43. The van der Waals surface area contributed by atoms with Gasteiger partial charge in [-0.05, 0) is 37.7 Å². The highest BCUT2D eigenvalue weighted by atomic mass is 79.9. The Balaban J connectivity index is 2.00. The van der Waals surface area contributed by atoms with Gasteiger partial charge in [0.05, 0.1) is 6.61 Å². The standard InChI is InChI=1S/C14H21BrN2O/c1-3-18-14-9-12(8-13(15)10-14)11-17-6-4-16(2)5-7-17/h8-10H,3-7,11H2,1-2H3. The number of piperazine rings is 1. The van der Waals surface area contributed by atoms with Crippen LogP contribution in [0.4, 0.5) is 0 Å². The van der Waals surface area contributed by atoms with Crippen molar-refractivity contribution in [3.8, 4) is 5.75 Å². The molecule has 1 heterocycles. The molecule has 1 aromatic rings. The van der Waals surface area contributed by atoms with E-state index in [1.54, 1.807) is 0 Å². The van der Waals surface area contributed by atoms with Gasteiger partial charge in [0.2, 0.25) is 0 Å². The molecule has 1 aliphatic heterocycles. The molecule has 4 heteroatoms. The van der Waals surface area contributed by atoms with Crippen molar-refractivity contribution >= 4 is 15.9 Å². The highest BCUT2D eigenvalue weighted by Crippen LogP contribution is 2.22. The molecular formula is C14H21BrN2O. The SMILES string of the molecule is CCOc1cc(Br)cc(CN2CCN(C)CC2)c1. The van der Waals surface area contributed by atoms with E-state index in [1.807, 2.05) is 13.0 Å². The molecule has 18 heavy (non-hydrogen) atoms. The van der Waals surface area contributed by atoms with Gasteiger partial charge in [-0.15, -0.1) is 0 Å². The van der Waals surface area contributed by atoms with Crippen molar-refractivity contribution in [3.63, 3.8) is 0 Å². The fourth-order valence-corrected chi connectivity index (χ4v) is 2.75. The smallest absolute Gasteiger partial charge is 0.120 e. The second kappa shape index (κ2) is 6.55. The maximum Gasteiger partial charge on any atom is 0.120 e. The Morgan fingerprint density at radius 3 is 2.56 bits per heavy atom. The number of hydrogen-bond acceptors (Lipinski definition) is 3. The van der Waals surface area contributed by atoms with Gasteiger partial charge in [0.15, 0.2) is 0 Å². The van der Waals surface area contributed by atoms with E-state index < -0.39 is 0 Å². The van der Waals surface area contributed by atoms with Crippen molar-refractivity contribution in [1.82, 2.24) is 9.80 Å². The molecule has 0 unspecified atom stereocenters. The first-order chi connectivity index (χ1) is 8.67. The molecule has 0 spiro atoms. The van der Waals surface area contributed by atoms with Crippen LogP contribution in [0.15, 0.2) is 22.7 Å². The number of ether oxygens (including phenoxy) is 1. The first-order valence-electron chi connectivity index (χ1n) is 6.50. The van der Waals surface area contributed by atoms with Crippen molar-refractivity contribution in [3.05, 3.63) is 28.2 Å². The summed E-state index contributed by atoms with van der Waals surface area (Å²) in [7, 11) is 2.18. The number of nitrogens with zero attached hydrogens (tertiary/aromatic N) is 2. The van der Waals surface area contributed by atoms with Crippen molar-refractivity contribution in [2.75, 3.05) is 39.8 Å². The van der Waals surface area contributed by atoms with Gasteiger partial charge in [0, 0.05) is 37.2 Å². The zero-order valence-electron chi connectivity index (χ0n) is 11.2. The molecule has 100 valence electrons. The van der Waals surface area contributed by atoms with Crippen LogP contribution in [-0.4, -0.2) is 49.6 Å². The molecular weight excluding hydrogens is 292 g/mol. The average Bonchev–Trinajstić information content (AvgIpc) is 2.32. The van der Waals surface area contributed by atoms with E-state index >= 15 is 0 Å². The quantitative estimate of drug-likeness (QED) is 0.850. The maximum absolute atomic E-state index is 5.58. The van der Waals surface area contributed by atoms with Crippen LogP contribution < -0.4 is 4.74 Å². The van der Waals surface area contributed by atoms with Crippen molar-refractivity contribution < 1.29 is 4.74 Å². The van der Waals surface area contributed by atoms with E-state index in [4.69, 9.17) is 4.74 Å². The van der Waals surface area contributed by atoms with E-state index in [0.29, 0.717) is 6.61 Å². The minimum absolute atomic E-state index is 0.713. The fourth-order valence-electron chi connectivity index (χ4n) is 2.23. The third kappa shape index (κ3) is 3.97. The summed E-state index contributed by atoms with van der Waals surface area (Å²) < 4.78 is 6.67. The van der Waals surface area contributed by atoms with Gasteiger partial charge in [-0.3, -0.25) is 4.90 Å². The molecule has 0 bridgehead atoms. The summed E-state index contributed by atoms with van der Waals surface area (Å²) in [6.07, 6.45) is 0. The minimum Gasteiger partial charge on any atom is -0.494 e. The summed E-state index contributed by atoms with van der Waals surface area (Å²) in [5.41, 5.74) is 1.32. The molecule has 2 rings (SSSR count). The molecule has 0 radical (unpaired) electrons. The highest BCUT2D eigenvalue weighted by molar-refractivity contribution is 9.10. The zero-order chi connectivity index (χ0) is 13.0. The Morgan fingerprint density at radius 2 is 1.89 bits per heavy atom. The predicted octanol–water partition coefficient (Wildman–Crippen LogP) is 2.60. The first-order valence-corrected chi connectivity index (χ1v) is 7.30. The third-order valence-electron chi connectivity index (χ3n) is 3.24. The molecule has 0 N–H and O–H groups in total. The van der Waals surface area contributed by atoms with E-state index in [-0.39, 0.29) is 0 Å². The number of likely N-dealkylation sites (N-methyl/N-ethyl adjacent to an activating group) is 1. The molecule has 1 aromatic carbocycles. The molecule has 0 atom stereocenters. The lowest BCUT2D eigenvalue weighted by molar-refractivity contribution is 0.148. The van der Waals surface area contributed by atoms with Crippen molar-refractivity contribution in [2.45, 2.75) is 13.5 Å². The molecule has 1 fully saturated rings. The van der Waals surface area contributed by atoms with Crippen LogP contribution in [0.3, 0.4) is 0 Å². The Kier molecular flexibility index (Phi) is 5.03. The topological polar surface area (TPSA) is 15.7 Å². The number of hydrogen-bond donors (Lipinski definition) is 0. The Bertz CT molecular complexity index is 389. The van der Waals surface area contributed by atoms with Gasteiger partial charge in [-0.25, -0.2) is 0 Å². The molecule has 0 aliphatic carbocycles. The maximum atomic E-state index is 5.58. The van der Waals surface area contributed by atoms with E-state index in [0.717, 1.165) is 42.9 Å². The second-order valence-corrected chi connectivity index (χ2v) is 5.72. The average molecular weight is 313 g/mol. The number of halogens is 1. The minimum atomic E-state index is 0.713. The molecule has 0 amide bonds. The van der Waals surface area contributed by atoms with Crippen molar-refractivity contribution in [2.24, 2.45) is 0 Å². The Hall–Kier alpha value is -0.580. The lowest BCUT2D eigenvalue weighted by atomic mass is 10.2. The van der Waals surface area contributed by atoms with Crippen LogP contribution >= 0.6 is 15.9 Å². The predicted molar refractivity (Wildman–Crippen MR) is 78.1 cm³/mol.